The minimum absolute atomic E-state index is 0.263. The number of benzene rings is 1. The van der Waals surface area contributed by atoms with E-state index in [-0.39, 0.29) is 6.54 Å². The van der Waals surface area contributed by atoms with Gasteiger partial charge in [-0.25, -0.2) is 4.79 Å². The van der Waals surface area contributed by atoms with Crippen LogP contribution < -0.4 is 10.6 Å². The van der Waals surface area contributed by atoms with Gasteiger partial charge in [0.1, 0.15) is 6.54 Å². The van der Waals surface area contributed by atoms with Gasteiger partial charge in [-0.1, -0.05) is 15.9 Å². The molecule has 0 aliphatic heterocycles. The first-order chi connectivity index (χ1) is 9.94. The van der Waals surface area contributed by atoms with E-state index in [9.17, 15) is 9.59 Å². The third-order valence-corrected chi connectivity index (χ3v) is 3.55. The number of aromatic nitrogens is 2. The molecule has 0 atom stereocenters. The van der Waals surface area contributed by atoms with E-state index >= 15 is 0 Å². The molecule has 0 spiro atoms. The van der Waals surface area contributed by atoms with Crippen LogP contribution in [0.2, 0.25) is 0 Å². The summed E-state index contributed by atoms with van der Waals surface area (Å²) in [6, 6.07) is 4.93. The number of anilines is 2. The molecule has 3 N–H and O–H groups in total. The maximum atomic E-state index is 11.9. The third-order valence-electron chi connectivity index (χ3n) is 2.36. The molecule has 0 aliphatic carbocycles. The molecule has 1 aromatic carbocycles. The number of urea groups is 1. The molecule has 0 unspecified atom stereocenters. The zero-order valence-electron chi connectivity index (χ0n) is 10.5. The molecule has 1 aromatic heterocycles. The maximum absolute atomic E-state index is 11.9. The second-order valence-electron chi connectivity index (χ2n) is 4.02. The van der Waals surface area contributed by atoms with E-state index in [0.29, 0.717) is 11.4 Å². The van der Waals surface area contributed by atoms with Crippen molar-refractivity contribution in [1.82, 2.24) is 9.78 Å². The van der Waals surface area contributed by atoms with Crippen molar-refractivity contribution in [3.8, 4) is 0 Å². The quantitative estimate of drug-likeness (QED) is 0.711. The van der Waals surface area contributed by atoms with Gasteiger partial charge in [-0.15, -0.1) is 0 Å². The summed E-state index contributed by atoms with van der Waals surface area (Å²) in [6.07, 6.45) is 2.81. The molecule has 0 bridgehead atoms. The van der Waals surface area contributed by atoms with Crippen LogP contribution in [0.4, 0.5) is 16.2 Å². The van der Waals surface area contributed by atoms with Crippen LogP contribution in [-0.4, -0.2) is 26.9 Å². The number of carboxylic acid groups (broad SMARTS) is 1. The van der Waals surface area contributed by atoms with Crippen LogP contribution in [0.5, 0.6) is 0 Å². The molecule has 0 saturated heterocycles. The predicted octanol–water partition coefficient (Wildman–Crippen LogP) is 3.14. The number of carboxylic acids is 1. The van der Waals surface area contributed by atoms with E-state index in [0.717, 1.165) is 8.95 Å². The lowest BCUT2D eigenvalue weighted by Gasteiger charge is -2.08. The Morgan fingerprint density at radius 2 is 2.05 bits per heavy atom. The van der Waals surface area contributed by atoms with Gasteiger partial charge >= 0.3 is 12.0 Å². The van der Waals surface area contributed by atoms with E-state index in [2.05, 4.69) is 47.6 Å². The smallest absolute Gasteiger partial charge is 0.325 e. The Hall–Kier alpha value is -1.87. The number of halogens is 2. The highest BCUT2D eigenvalue weighted by atomic mass is 79.9. The van der Waals surface area contributed by atoms with Crippen molar-refractivity contribution in [3.63, 3.8) is 0 Å². The molecular weight excluding hydrogens is 408 g/mol. The van der Waals surface area contributed by atoms with Gasteiger partial charge in [0.15, 0.2) is 0 Å². The van der Waals surface area contributed by atoms with E-state index in [1.165, 1.54) is 17.1 Å². The third kappa shape index (κ3) is 4.57. The Labute approximate surface area is 136 Å². The molecule has 2 aromatic rings. The van der Waals surface area contributed by atoms with Crippen molar-refractivity contribution >= 4 is 55.2 Å². The second-order valence-corrected chi connectivity index (χ2v) is 5.79. The summed E-state index contributed by atoms with van der Waals surface area (Å²) in [6.45, 7) is -0.263. The molecule has 0 saturated carbocycles. The van der Waals surface area contributed by atoms with Crippen LogP contribution in [0, 0.1) is 0 Å². The van der Waals surface area contributed by atoms with Crippen LogP contribution in [0.15, 0.2) is 39.5 Å². The van der Waals surface area contributed by atoms with E-state index in [4.69, 9.17) is 5.11 Å². The minimum Gasteiger partial charge on any atom is -0.480 e. The summed E-state index contributed by atoms with van der Waals surface area (Å²) in [5.74, 6) is -1.01. The SMILES string of the molecule is O=C(O)Cn1cc(NC(=O)Nc2cc(Br)ccc2Br)cn1. The Bertz CT molecular complexity index is 687. The number of hydrogen-bond donors (Lipinski definition) is 3. The van der Waals surface area contributed by atoms with Gasteiger partial charge in [-0.3, -0.25) is 9.48 Å². The predicted molar refractivity (Wildman–Crippen MR) is 84.3 cm³/mol. The van der Waals surface area contributed by atoms with Gasteiger partial charge in [-0.05, 0) is 34.1 Å². The number of nitrogens with zero attached hydrogens (tertiary/aromatic N) is 2. The van der Waals surface area contributed by atoms with E-state index < -0.39 is 12.0 Å². The lowest BCUT2D eigenvalue weighted by atomic mass is 10.3. The summed E-state index contributed by atoms with van der Waals surface area (Å²) in [5, 5.41) is 17.7. The topological polar surface area (TPSA) is 96.2 Å². The number of hydrogen-bond acceptors (Lipinski definition) is 3. The molecule has 2 rings (SSSR count). The molecule has 0 aliphatic rings. The lowest BCUT2D eigenvalue weighted by Crippen LogP contribution is -2.19. The molecule has 0 radical (unpaired) electrons. The molecule has 110 valence electrons. The summed E-state index contributed by atoms with van der Waals surface area (Å²) >= 11 is 6.65. The number of rotatable bonds is 4. The number of carbonyl (C=O) groups is 2. The fraction of sp³-hybridized carbons (Fsp3) is 0.0833. The fourth-order valence-corrected chi connectivity index (χ4v) is 2.24. The molecule has 7 nitrogen and oxygen atoms in total. The fourth-order valence-electron chi connectivity index (χ4n) is 1.53. The highest BCUT2D eigenvalue weighted by molar-refractivity contribution is 9.11. The Morgan fingerprint density at radius 3 is 2.76 bits per heavy atom. The van der Waals surface area contributed by atoms with Gasteiger partial charge in [0, 0.05) is 15.1 Å². The van der Waals surface area contributed by atoms with Gasteiger partial charge in [0.25, 0.3) is 0 Å². The van der Waals surface area contributed by atoms with Crippen molar-refractivity contribution in [1.29, 1.82) is 0 Å². The second kappa shape index (κ2) is 6.72. The van der Waals surface area contributed by atoms with Crippen molar-refractivity contribution in [2.75, 3.05) is 10.6 Å². The average molecular weight is 418 g/mol. The molecule has 2 amide bonds. The van der Waals surface area contributed by atoms with Crippen LogP contribution in [-0.2, 0) is 11.3 Å². The zero-order valence-corrected chi connectivity index (χ0v) is 13.7. The van der Waals surface area contributed by atoms with Gasteiger partial charge < -0.3 is 15.7 Å². The number of nitrogens with one attached hydrogen (secondary N) is 2. The van der Waals surface area contributed by atoms with Crippen LogP contribution in [0.25, 0.3) is 0 Å². The maximum Gasteiger partial charge on any atom is 0.325 e. The summed E-state index contributed by atoms with van der Waals surface area (Å²) in [5.41, 5.74) is 1.000. The number of amides is 2. The monoisotopic (exact) mass is 416 g/mol. The number of carbonyl (C=O) groups excluding carboxylic acids is 1. The highest BCUT2D eigenvalue weighted by Gasteiger charge is 2.08. The molecule has 1 heterocycles. The largest absolute Gasteiger partial charge is 0.480 e. The Kier molecular flexibility index (Phi) is 4.97. The standard InChI is InChI=1S/C12H10Br2N4O3/c13-7-1-2-9(14)10(3-7)17-12(21)16-8-4-15-18(5-8)6-11(19)20/h1-5H,6H2,(H,19,20)(H2,16,17,21). The first-order valence-electron chi connectivity index (χ1n) is 5.71. The molecule has 9 heteroatoms. The lowest BCUT2D eigenvalue weighted by molar-refractivity contribution is -0.137. The summed E-state index contributed by atoms with van der Waals surface area (Å²) in [7, 11) is 0. The van der Waals surface area contributed by atoms with Crippen LogP contribution >= 0.6 is 31.9 Å². The van der Waals surface area contributed by atoms with Crippen molar-refractivity contribution in [2.24, 2.45) is 0 Å². The van der Waals surface area contributed by atoms with Crippen molar-refractivity contribution in [2.45, 2.75) is 6.54 Å². The first kappa shape index (κ1) is 15.5. The van der Waals surface area contributed by atoms with Gasteiger partial charge in [0.2, 0.25) is 0 Å². The van der Waals surface area contributed by atoms with E-state index in [1.807, 2.05) is 6.07 Å². The molecule has 21 heavy (non-hydrogen) atoms. The summed E-state index contributed by atoms with van der Waals surface area (Å²) in [4.78, 5) is 22.4. The highest BCUT2D eigenvalue weighted by Crippen LogP contribution is 2.26. The molecule has 0 fully saturated rings. The molecular formula is C12H10Br2N4O3. The normalized spacial score (nSPS) is 10.2. The van der Waals surface area contributed by atoms with Crippen molar-refractivity contribution < 1.29 is 14.7 Å². The summed E-state index contributed by atoms with van der Waals surface area (Å²) < 4.78 is 2.78. The van der Waals surface area contributed by atoms with Crippen molar-refractivity contribution in [3.05, 3.63) is 39.5 Å². The van der Waals surface area contributed by atoms with Crippen LogP contribution in [0.1, 0.15) is 0 Å². The van der Waals surface area contributed by atoms with Gasteiger partial charge in [0.05, 0.1) is 17.6 Å². The average Bonchev–Trinajstić information content (AvgIpc) is 2.80. The van der Waals surface area contributed by atoms with Gasteiger partial charge in [-0.2, -0.15) is 5.10 Å². The zero-order chi connectivity index (χ0) is 15.4. The number of aliphatic carboxylic acids is 1. The van der Waals surface area contributed by atoms with Crippen LogP contribution in [0.3, 0.4) is 0 Å². The first-order valence-corrected chi connectivity index (χ1v) is 7.30. The Morgan fingerprint density at radius 1 is 1.29 bits per heavy atom. The minimum atomic E-state index is -1.01. The Balaban J connectivity index is 2.00. The van der Waals surface area contributed by atoms with E-state index in [1.54, 1.807) is 12.1 Å².